The molecule has 0 saturated carbocycles. The third kappa shape index (κ3) is 5.05. The van der Waals surface area contributed by atoms with Crippen LogP contribution in [-0.4, -0.2) is 43.1 Å². The monoisotopic (exact) mass is 304 g/mol. The van der Waals surface area contributed by atoms with Gasteiger partial charge in [-0.15, -0.1) is 0 Å². The van der Waals surface area contributed by atoms with Crippen LogP contribution in [0.15, 0.2) is 6.07 Å². The zero-order valence-corrected chi connectivity index (χ0v) is 13.3. The van der Waals surface area contributed by atoms with E-state index in [2.05, 4.69) is 34.4 Å². The SMILES string of the molecule is CCCN(CC)CCNc1nc(NC)c(Cl)cc1Cl. The van der Waals surface area contributed by atoms with Crippen LogP contribution in [0.5, 0.6) is 0 Å². The van der Waals surface area contributed by atoms with Crippen LogP contribution in [0, 0.1) is 0 Å². The highest BCUT2D eigenvalue weighted by atomic mass is 35.5. The zero-order valence-electron chi connectivity index (χ0n) is 11.8. The van der Waals surface area contributed by atoms with Crippen molar-refractivity contribution in [1.29, 1.82) is 0 Å². The van der Waals surface area contributed by atoms with E-state index < -0.39 is 0 Å². The Balaban J connectivity index is 2.57. The number of hydrogen-bond donors (Lipinski definition) is 2. The predicted octanol–water partition coefficient (Wildman–Crippen LogP) is 3.57. The van der Waals surface area contributed by atoms with E-state index in [4.69, 9.17) is 23.2 Å². The van der Waals surface area contributed by atoms with Gasteiger partial charge in [0, 0.05) is 20.1 Å². The average Bonchev–Trinajstić information content (AvgIpc) is 2.40. The number of aromatic nitrogens is 1. The van der Waals surface area contributed by atoms with Crippen molar-refractivity contribution in [3.63, 3.8) is 0 Å². The van der Waals surface area contributed by atoms with Gasteiger partial charge in [-0.2, -0.15) is 0 Å². The molecule has 0 bridgehead atoms. The maximum absolute atomic E-state index is 6.12. The predicted molar refractivity (Wildman–Crippen MR) is 84.7 cm³/mol. The van der Waals surface area contributed by atoms with Crippen LogP contribution in [0.25, 0.3) is 0 Å². The first-order valence-corrected chi connectivity index (χ1v) is 7.37. The fraction of sp³-hybridized carbons (Fsp3) is 0.615. The van der Waals surface area contributed by atoms with E-state index in [9.17, 15) is 0 Å². The average molecular weight is 305 g/mol. The molecule has 0 unspecified atom stereocenters. The fourth-order valence-corrected chi connectivity index (χ4v) is 2.36. The quantitative estimate of drug-likeness (QED) is 0.770. The lowest BCUT2D eigenvalue weighted by atomic mass is 10.4. The smallest absolute Gasteiger partial charge is 0.147 e. The molecule has 0 aliphatic carbocycles. The molecule has 0 aliphatic heterocycles. The molecular weight excluding hydrogens is 283 g/mol. The Morgan fingerprint density at radius 1 is 1.16 bits per heavy atom. The molecular formula is C13H22Cl2N4. The molecule has 1 aromatic heterocycles. The van der Waals surface area contributed by atoms with Gasteiger partial charge in [0.25, 0.3) is 0 Å². The van der Waals surface area contributed by atoms with Crippen LogP contribution in [0.4, 0.5) is 11.6 Å². The summed E-state index contributed by atoms with van der Waals surface area (Å²) in [5.41, 5.74) is 0. The number of anilines is 2. The maximum Gasteiger partial charge on any atom is 0.147 e. The van der Waals surface area contributed by atoms with Crippen molar-refractivity contribution >= 4 is 34.8 Å². The molecule has 4 nitrogen and oxygen atoms in total. The second-order valence-corrected chi connectivity index (χ2v) is 5.07. The highest BCUT2D eigenvalue weighted by molar-refractivity contribution is 6.37. The first kappa shape index (κ1) is 16.3. The fourth-order valence-electron chi connectivity index (χ4n) is 1.84. The topological polar surface area (TPSA) is 40.2 Å². The normalized spacial score (nSPS) is 10.8. The Morgan fingerprint density at radius 2 is 1.84 bits per heavy atom. The standard InChI is InChI=1S/C13H22Cl2N4/c1-4-7-19(5-2)8-6-17-13-11(15)9-10(14)12(16-3)18-13/h9H,4-8H2,1-3H3,(H2,16,17,18). The lowest BCUT2D eigenvalue weighted by molar-refractivity contribution is 0.300. The summed E-state index contributed by atoms with van der Waals surface area (Å²) in [5.74, 6) is 1.30. The number of likely N-dealkylation sites (N-methyl/N-ethyl adjacent to an activating group) is 1. The minimum Gasteiger partial charge on any atom is -0.372 e. The molecule has 1 aromatic rings. The van der Waals surface area contributed by atoms with Crippen molar-refractivity contribution in [2.75, 3.05) is 43.9 Å². The Labute approximate surface area is 125 Å². The van der Waals surface area contributed by atoms with E-state index in [1.165, 1.54) is 0 Å². The van der Waals surface area contributed by atoms with Crippen molar-refractivity contribution < 1.29 is 0 Å². The molecule has 108 valence electrons. The van der Waals surface area contributed by atoms with Gasteiger partial charge in [-0.05, 0) is 25.6 Å². The maximum atomic E-state index is 6.12. The number of pyridine rings is 1. The van der Waals surface area contributed by atoms with Gasteiger partial charge in [0.2, 0.25) is 0 Å². The molecule has 0 aromatic carbocycles. The minimum absolute atomic E-state index is 0.527. The van der Waals surface area contributed by atoms with Gasteiger partial charge < -0.3 is 15.5 Å². The largest absolute Gasteiger partial charge is 0.372 e. The molecule has 0 aliphatic rings. The summed E-state index contributed by atoms with van der Waals surface area (Å²) in [6.45, 7) is 8.31. The Hall–Kier alpha value is -0.710. The van der Waals surface area contributed by atoms with Gasteiger partial charge in [-0.3, -0.25) is 0 Å². The van der Waals surface area contributed by atoms with Crippen molar-refractivity contribution in [3.8, 4) is 0 Å². The zero-order chi connectivity index (χ0) is 14.3. The van der Waals surface area contributed by atoms with Crippen LogP contribution < -0.4 is 10.6 Å². The van der Waals surface area contributed by atoms with E-state index in [0.717, 1.165) is 32.6 Å². The number of hydrogen-bond acceptors (Lipinski definition) is 4. The van der Waals surface area contributed by atoms with Crippen LogP contribution in [0.1, 0.15) is 20.3 Å². The van der Waals surface area contributed by atoms with Crippen LogP contribution >= 0.6 is 23.2 Å². The van der Waals surface area contributed by atoms with Crippen molar-refractivity contribution in [1.82, 2.24) is 9.88 Å². The first-order valence-electron chi connectivity index (χ1n) is 6.62. The molecule has 1 heterocycles. The van der Waals surface area contributed by atoms with Gasteiger partial charge >= 0.3 is 0 Å². The summed E-state index contributed by atoms with van der Waals surface area (Å²) in [5, 5.41) is 7.27. The molecule has 19 heavy (non-hydrogen) atoms. The van der Waals surface area contributed by atoms with E-state index in [-0.39, 0.29) is 0 Å². The summed E-state index contributed by atoms with van der Waals surface area (Å²) in [6.07, 6.45) is 1.16. The first-order chi connectivity index (χ1) is 9.12. The van der Waals surface area contributed by atoms with Crippen molar-refractivity contribution in [2.45, 2.75) is 20.3 Å². The van der Waals surface area contributed by atoms with Gasteiger partial charge in [0.05, 0.1) is 10.0 Å². The Kier molecular flexibility index (Phi) is 7.28. The van der Waals surface area contributed by atoms with E-state index in [0.29, 0.717) is 21.7 Å². The summed E-state index contributed by atoms with van der Waals surface area (Å²) in [4.78, 5) is 6.74. The highest BCUT2D eigenvalue weighted by Crippen LogP contribution is 2.28. The van der Waals surface area contributed by atoms with Crippen LogP contribution in [0.2, 0.25) is 10.0 Å². The molecule has 0 spiro atoms. The highest BCUT2D eigenvalue weighted by Gasteiger charge is 2.08. The van der Waals surface area contributed by atoms with E-state index in [1.54, 1.807) is 13.1 Å². The summed E-state index contributed by atoms with van der Waals surface area (Å²) in [6, 6.07) is 1.70. The third-order valence-electron chi connectivity index (χ3n) is 2.87. The van der Waals surface area contributed by atoms with Crippen molar-refractivity contribution in [3.05, 3.63) is 16.1 Å². The molecule has 6 heteroatoms. The lowest BCUT2D eigenvalue weighted by Crippen LogP contribution is -2.29. The number of nitrogens with one attached hydrogen (secondary N) is 2. The molecule has 0 saturated heterocycles. The molecule has 1 rings (SSSR count). The Bertz CT molecular complexity index is 398. The number of halogens is 2. The van der Waals surface area contributed by atoms with Crippen LogP contribution in [-0.2, 0) is 0 Å². The summed E-state index contributed by atoms with van der Waals surface area (Å²) in [7, 11) is 1.78. The van der Waals surface area contributed by atoms with E-state index in [1.807, 2.05) is 0 Å². The van der Waals surface area contributed by atoms with Gasteiger partial charge in [0.15, 0.2) is 0 Å². The van der Waals surface area contributed by atoms with Gasteiger partial charge in [0.1, 0.15) is 11.6 Å². The second-order valence-electron chi connectivity index (χ2n) is 4.26. The Morgan fingerprint density at radius 3 is 2.42 bits per heavy atom. The third-order valence-corrected chi connectivity index (χ3v) is 3.45. The molecule has 0 radical (unpaired) electrons. The second kappa shape index (κ2) is 8.46. The molecule has 2 N–H and O–H groups in total. The molecule has 0 fully saturated rings. The van der Waals surface area contributed by atoms with Gasteiger partial charge in [-0.1, -0.05) is 37.0 Å². The molecule has 0 amide bonds. The summed E-state index contributed by atoms with van der Waals surface area (Å²) < 4.78 is 0. The van der Waals surface area contributed by atoms with E-state index >= 15 is 0 Å². The lowest BCUT2D eigenvalue weighted by Gasteiger charge is -2.20. The number of rotatable bonds is 8. The van der Waals surface area contributed by atoms with Crippen molar-refractivity contribution in [2.24, 2.45) is 0 Å². The van der Waals surface area contributed by atoms with Crippen LogP contribution in [0.3, 0.4) is 0 Å². The summed E-state index contributed by atoms with van der Waals surface area (Å²) >= 11 is 12.1. The molecule has 0 atom stereocenters. The minimum atomic E-state index is 0.527. The van der Waals surface area contributed by atoms with Gasteiger partial charge in [-0.25, -0.2) is 4.98 Å². The number of nitrogens with zero attached hydrogens (tertiary/aromatic N) is 2.